The fourth-order valence-electron chi connectivity index (χ4n) is 4.75. The second-order valence-electron chi connectivity index (χ2n) is 9.61. The van der Waals surface area contributed by atoms with E-state index < -0.39 is 18.0 Å². The highest BCUT2D eigenvalue weighted by atomic mass is 19.4. The molecule has 0 fully saturated rings. The van der Waals surface area contributed by atoms with Crippen LogP contribution < -0.4 is 10.6 Å². The Kier molecular flexibility index (Phi) is 8.17. The summed E-state index contributed by atoms with van der Waals surface area (Å²) in [6.07, 6.45) is 3.71. The maximum atomic E-state index is 13.8. The van der Waals surface area contributed by atoms with Gasteiger partial charge in [-0.3, -0.25) is 0 Å². The molecule has 1 aromatic carbocycles. The van der Waals surface area contributed by atoms with E-state index in [1.165, 1.54) is 6.08 Å². The molecule has 8 heteroatoms. The normalized spacial score (nSPS) is 18.5. The second kappa shape index (κ2) is 11.3. The van der Waals surface area contributed by atoms with Gasteiger partial charge in [0, 0.05) is 31.3 Å². The summed E-state index contributed by atoms with van der Waals surface area (Å²) in [6, 6.07) is 13.9. The van der Waals surface area contributed by atoms with Crippen LogP contribution in [0.25, 0.3) is 16.8 Å². The van der Waals surface area contributed by atoms with Gasteiger partial charge in [-0.2, -0.15) is 13.2 Å². The summed E-state index contributed by atoms with van der Waals surface area (Å²) >= 11 is 0. The zero-order chi connectivity index (χ0) is 26.6. The van der Waals surface area contributed by atoms with Crippen LogP contribution in [0.15, 0.2) is 66.9 Å². The zero-order valence-electron chi connectivity index (χ0n) is 21.7. The first-order valence-corrected chi connectivity index (χ1v) is 12.6. The van der Waals surface area contributed by atoms with E-state index in [4.69, 9.17) is 4.98 Å². The standard InChI is InChI=1S/C29H34F3N5/c1-19-12-13-22(17-24(19)29(30,31)32)27-28(37(4)26(36-27)11-8-15-33-3)23-14-16-34-25(18-23)35-20(2)21-9-6-5-7-10-21/h5-7,9-10,12-14,16-20,24,33H,8,11,15H2,1-4H3,(H,34,35)/t19?,20-,24?/m0/s1. The summed E-state index contributed by atoms with van der Waals surface area (Å²) in [5, 5.41) is 6.58. The topological polar surface area (TPSA) is 54.8 Å². The quantitative estimate of drug-likeness (QED) is 0.320. The van der Waals surface area contributed by atoms with Crippen LogP contribution in [0.1, 0.15) is 43.4 Å². The third kappa shape index (κ3) is 6.13. The highest BCUT2D eigenvalue weighted by Crippen LogP contribution is 2.41. The summed E-state index contributed by atoms with van der Waals surface area (Å²) in [6.45, 7) is 4.49. The van der Waals surface area contributed by atoms with Crippen LogP contribution in [0.2, 0.25) is 0 Å². The lowest BCUT2D eigenvalue weighted by atomic mass is 9.85. The third-order valence-corrected chi connectivity index (χ3v) is 6.87. The number of hydrogen-bond acceptors (Lipinski definition) is 4. The van der Waals surface area contributed by atoms with Crippen LogP contribution in [0.5, 0.6) is 0 Å². The van der Waals surface area contributed by atoms with Crippen LogP contribution in [-0.4, -0.2) is 34.3 Å². The van der Waals surface area contributed by atoms with E-state index in [2.05, 4.69) is 34.7 Å². The molecule has 0 radical (unpaired) electrons. The number of nitrogens with one attached hydrogen (secondary N) is 2. The number of imidazole rings is 1. The molecule has 0 amide bonds. The molecule has 0 saturated carbocycles. The van der Waals surface area contributed by atoms with Gasteiger partial charge in [0.1, 0.15) is 11.6 Å². The summed E-state index contributed by atoms with van der Waals surface area (Å²) in [7, 11) is 3.82. The van der Waals surface area contributed by atoms with Crippen molar-refractivity contribution < 1.29 is 13.2 Å². The molecule has 2 unspecified atom stereocenters. The van der Waals surface area contributed by atoms with E-state index >= 15 is 0 Å². The zero-order valence-corrected chi connectivity index (χ0v) is 21.7. The number of halogens is 3. The van der Waals surface area contributed by atoms with Crippen molar-refractivity contribution in [2.45, 2.75) is 38.9 Å². The number of anilines is 1. The van der Waals surface area contributed by atoms with Crippen molar-refractivity contribution in [2.75, 3.05) is 18.9 Å². The lowest BCUT2D eigenvalue weighted by Crippen LogP contribution is -2.28. The summed E-state index contributed by atoms with van der Waals surface area (Å²) in [4.78, 5) is 9.37. The van der Waals surface area contributed by atoms with E-state index in [0.29, 0.717) is 23.5 Å². The predicted molar refractivity (Wildman–Crippen MR) is 143 cm³/mol. The minimum atomic E-state index is -4.32. The molecule has 37 heavy (non-hydrogen) atoms. The first kappa shape index (κ1) is 26.7. The van der Waals surface area contributed by atoms with Crippen LogP contribution in [0.3, 0.4) is 0 Å². The summed E-state index contributed by atoms with van der Waals surface area (Å²) in [5.41, 5.74) is 3.82. The Morgan fingerprint density at radius 1 is 1.14 bits per heavy atom. The van der Waals surface area contributed by atoms with Crippen LogP contribution in [0, 0.1) is 11.8 Å². The molecule has 0 aliphatic heterocycles. The Balaban J connectivity index is 1.74. The van der Waals surface area contributed by atoms with Gasteiger partial charge in [-0.05, 0) is 56.1 Å². The Morgan fingerprint density at radius 2 is 1.89 bits per heavy atom. The molecule has 3 aromatic rings. The van der Waals surface area contributed by atoms with Crippen molar-refractivity contribution in [2.24, 2.45) is 18.9 Å². The van der Waals surface area contributed by atoms with Crippen molar-refractivity contribution in [3.63, 3.8) is 0 Å². The molecular formula is C29H34F3N5. The van der Waals surface area contributed by atoms with Crippen LogP contribution in [-0.2, 0) is 13.5 Å². The maximum Gasteiger partial charge on any atom is 0.395 e. The lowest BCUT2D eigenvalue weighted by molar-refractivity contribution is -0.168. The van der Waals surface area contributed by atoms with Crippen molar-refractivity contribution in [1.29, 1.82) is 0 Å². The molecule has 5 nitrogen and oxygen atoms in total. The first-order valence-electron chi connectivity index (χ1n) is 12.6. The van der Waals surface area contributed by atoms with Crippen molar-refractivity contribution >= 4 is 11.4 Å². The number of aromatic nitrogens is 3. The maximum absolute atomic E-state index is 13.8. The average molecular weight is 510 g/mol. The minimum Gasteiger partial charge on any atom is -0.364 e. The number of allylic oxidation sites excluding steroid dienone is 4. The molecule has 1 aliphatic rings. The first-order chi connectivity index (χ1) is 17.7. The largest absolute Gasteiger partial charge is 0.395 e. The molecule has 0 spiro atoms. The summed E-state index contributed by atoms with van der Waals surface area (Å²) in [5.74, 6) is -0.646. The van der Waals surface area contributed by atoms with Crippen molar-refractivity contribution in [1.82, 2.24) is 19.9 Å². The number of aryl methyl sites for hydroxylation is 1. The highest BCUT2D eigenvalue weighted by Gasteiger charge is 2.42. The van der Waals surface area contributed by atoms with Gasteiger partial charge in [0.05, 0.1) is 17.3 Å². The van der Waals surface area contributed by atoms with Gasteiger partial charge in [0.2, 0.25) is 0 Å². The summed E-state index contributed by atoms with van der Waals surface area (Å²) < 4.78 is 43.3. The van der Waals surface area contributed by atoms with Crippen LogP contribution in [0.4, 0.5) is 19.0 Å². The highest BCUT2D eigenvalue weighted by molar-refractivity contribution is 5.83. The number of pyridine rings is 1. The molecule has 2 N–H and O–H groups in total. The molecule has 3 atom stereocenters. The lowest BCUT2D eigenvalue weighted by Gasteiger charge is -2.25. The molecule has 0 bridgehead atoms. The monoisotopic (exact) mass is 509 g/mol. The number of nitrogens with zero attached hydrogens (tertiary/aromatic N) is 3. The number of benzene rings is 1. The Labute approximate surface area is 216 Å². The van der Waals surface area contributed by atoms with Gasteiger partial charge in [-0.1, -0.05) is 55.5 Å². The van der Waals surface area contributed by atoms with Crippen molar-refractivity contribution in [3.8, 4) is 11.3 Å². The minimum absolute atomic E-state index is 0.0325. The molecule has 4 rings (SSSR count). The average Bonchev–Trinajstić information content (AvgIpc) is 3.20. The van der Waals surface area contributed by atoms with Gasteiger partial charge >= 0.3 is 6.18 Å². The third-order valence-electron chi connectivity index (χ3n) is 6.87. The Bertz CT molecular complexity index is 1260. The molecular weight excluding hydrogens is 475 g/mol. The second-order valence-corrected chi connectivity index (χ2v) is 9.61. The number of rotatable bonds is 9. The number of hydrogen-bond donors (Lipinski definition) is 2. The SMILES string of the molecule is CNCCCc1nc(C2=CC(C(F)(F)F)C(C)C=C2)c(-c2ccnc(N[C@@H](C)c3ccccc3)c2)n1C. The van der Waals surface area contributed by atoms with Gasteiger partial charge in [0.25, 0.3) is 0 Å². The Morgan fingerprint density at radius 3 is 2.59 bits per heavy atom. The smallest absolute Gasteiger partial charge is 0.364 e. The van der Waals surface area contributed by atoms with Crippen LogP contribution >= 0.6 is 0 Å². The predicted octanol–water partition coefficient (Wildman–Crippen LogP) is 6.58. The number of alkyl halides is 3. The van der Waals surface area contributed by atoms with Gasteiger partial charge < -0.3 is 15.2 Å². The van der Waals surface area contributed by atoms with Crippen molar-refractivity contribution in [3.05, 3.63) is 84.0 Å². The molecule has 1 aliphatic carbocycles. The van der Waals surface area contributed by atoms with E-state index in [1.54, 1.807) is 25.3 Å². The molecule has 0 saturated heterocycles. The fraction of sp³-hybridized carbons (Fsp3) is 0.379. The van der Waals surface area contributed by atoms with Gasteiger partial charge in [-0.25, -0.2) is 9.97 Å². The van der Waals surface area contributed by atoms with E-state index in [9.17, 15) is 13.2 Å². The van der Waals surface area contributed by atoms with E-state index in [1.807, 2.05) is 49.0 Å². The van der Waals surface area contributed by atoms with Gasteiger partial charge in [0.15, 0.2) is 0 Å². The Hall–Kier alpha value is -3.39. The molecule has 196 valence electrons. The molecule has 2 aromatic heterocycles. The van der Waals surface area contributed by atoms with E-state index in [-0.39, 0.29) is 6.04 Å². The molecule has 2 heterocycles. The van der Waals surface area contributed by atoms with Gasteiger partial charge in [-0.15, -0.1) is 0 Å². The van der Waals surface area contributed by atoms with E-state index in [0.717, 1.165) is 35.6 Å². The fourth-order valence-corrected chi connectivity index (χ4v) is 4.75.